The molecule has 0 bridgehead atoms. The van der Waals surface area contributed by atoms with E-state index in [-0.39, 0.29) is 6.61 Å². The lowest BCUT2D eigenvalue weighted by Gasteiger charge is -2.08. The first kappa shape index (κ1) is 14.5. The standard InChI is InChI=1S/C11H9BrN2O3S/c1-7(15)17-5-11(16)14-10-3-2-8(18-6-13)4-9(10)12/h2-4H,5H2,1H3,(H,14,16). The number of ether oxygens (including phenoxy) is 1. The molecule has 94 valence electrons. The maximum absolute atomic E-state index is 11.4. The van der Waals surface area contributed by atoms with Gasteiger partial charge in [-0.3, -0.25) is 9.59 Å². The molecule has 0 aliphatic heterocycles. The van der Waals surface area contributed by atoms with E-state index < -0.39 is 11.9 Å². The number of nitriles is 1. The average Bonchev–Trinajstić information content (AvgIpc) is 2.30. The fourth-order valence-corrected chi connectivity index (χ4v) is 2.11. The number of hydrogen-bond acceptors (Lipinski definition) is 5. The molecule has 0 aliphatic rings. The molecule has 0 heterocycles. The van der Waals surface area contributed by atoms with E-state index in [9.17, 15) is 9.59 Å². The number of halogens is 1. The molecule has 0 aromatic heterocycles. The molecule has 7 heteroatoms. The number of anilines is 1. The number of rotatable bonds is 4. The quantitative estimate of drug-likeness (QED) is 0.522. The molecule has 1 N–H and O–H groups in total. The number of benzene rings is 1. The first-order valence-electron chi connectivity index (χ1n) is 4.81. The first-order valence-corrected chi connectivity index (χ1v) is 6.42. The zero-order valence-electron chi connectivity index (χ0n) is 9.40. The predicted molar refractivity (Wildman–Crippen MR) is 70.9 cm³/mol. The van der Waals surface area contributed by atoms with E-state index in [4.69, 9.17) is 5.26 Å². The number of esters is 1. The number of hydrogen-bond donors (Lipinski definition) is 1. The van der Waals surface area contributed by atoms with Crippen LogP contribution in [0.4, 0.5) is 5.69 Å². The fraction of sp³-hybridized carbons (Fsp3) is 0.182. The molecule has 0 fully saturated rings. The Hall–Kier alpha value is -1.52. The van der Waals surface area contributed by atoms with Crippen LogP contribution in [-0.4, -0.2) is 18.5 Å². The Balaban J connectivity index is 2.65. The molecule has 5 nitrogen and oxygen atoms in total. The predicted octanol–water partition coefficient (Wildman–Crippen LogP) is 2.52. The molecule has 0 aliphatic carbocycles. The summed E-state index contributed by atoms with van der Waals surface area (Å²) in [6.45, 7) is 0.910. The van der Waals surface area contributed by atoms with Crippen LogP contribution in [0.15, 0.2) is 27.6 Å². The Labute approximate surface area is 117 Å². The van der Waals surface area contributed by atoms with Crippen LogP contribution in [0.2, 0.25) is 0 Å². The number of thiocyanates is 1. The van der Waals surface area contributed by atoms with Crippen LogP contribution in [0.3, 0.4) is 0 Å². The van der Waals surface area contributed by atoms with Gasteiger partial charge in [0, 0.05) is 16.3 Å². The Morgan fingerprint density at radius 3 is 2.83 bits per heavy atom. The van der Waals surface area contributed by atoms with Crippen molar-refractivity contribution in [1.29, 1.82) is 5.26 Å². The number of carbonyl (C=O) groups is 2. The molecule has 0 saturated carbocycles. The van der Waals surface area contributed by atoms with Crippen LogP contribution in [0, 0.1) is 10.7 Å². The summed E-state index contributed by atoms with van der Waals surface area (Å²) in [5.74, 6) is -0.934. The Morgan fingerprint density at radius 2 is 2.28 bits per heavy atom. The van der Waals surface area contributed by atoms with E-state index in [0.29, 0.717) is 10.2 Å². The van der Waals surface area contributed by atoms with Gasteiger partial charge in [-0.15, -0.1) is 0 Å². The van der Waals surface area contributed by atoms with Crippen molar-refractivity contribution in [3.8, 4) is 5.40 Å². The molecule has 1 aromatic carbocycles. The molecule has 0 saturated heterocycles. The lowest BCUT2D eigenvalue weighted by Crippen LogP contribution is -2.19. The molecule has 0 atom stereocenters. The van der Waals surface area contributed by atoms with Gasteiger partial charge in [0.1, 0.15) is 5.40 Å². The number of nitrogens with zero attached hydrogens (tertiary/aromatic N) is 1. The summed E-state index contributed by atoms with van der Waals surface area (Å²) in [5.41, 5.74) is 0.550. The van der Waals surface area contributed by atoms with Crippen molar-refractivity contribution in [1.82, 2.24) is 0 Å². The van der Waals surface area contributed by atoms with Gasteiger partial charge in [0.2, 0.25) is 0 Å². The van der Waals surface area contributed by atoms with E-state index in [1.54, 1.807) is 18.2 Å². The third-order valence-electron chi connectivity index (χ3n) is 1.78. The second-order valence-corrected chi connectivity index (χ2v) is 4.88. The van der Waals surface area contributed by atoms with E-state index in [1.165, 1.54) is 6.92 Å². The highest BCUT2D eigenvalue weighted by Gasteiger charge is 2.08. The van der Waals surface area contributed by atoms with Crippen LogP contribution < -0.4 is 5.32 Å². The molecule has 0 radical (unpaired) electrons. The lowest BCUT2D eigenvalue weighted by atomic mass is 10.3. The summed E-state index contributed by atoms with van der Waals surface area (Å²) in [6.07, 6.45) is 0. The molecular formula is C11H9BrN2O3S. The minimum atomic E-state index is -0.509. The lowest BCUT2D eigenvalue weighted by molar-refractivity contribution is -0.144. The third kappa shape index (κ3) is 4.77. The fourth-order valence-electron chi connectivity index (χ4n) is 1.07. The second kappa shape index (κ2) is 7.03. The van der Waals surface area contributed by atoms with Crippen molar-refractivity contribution in [2.24, 2.45) is 0 Å². The molecule has 0 unspecified atom stereocenters. The van der Waals surface area contributed by atoms with Gasteiger partial charge in [-0.1, -0.05) is 0 Å². The average molecular weight is 329 g/mol. The Kier molecular flexibility index (Phi) is 5.68. The van der Waals surface area contributed by atoms with E-state index in [0.717, 1.165) is 16.7 Å². The van der Waals surface area contributed by atoms with Crippen molar-refractivity contribution in [3.05, 3.63) is 22.7 Å². The summed E-state index contributed by atoms with van der Waals surface area (Å²) in [7, 11) is 0. The van der Waals surface area contributed by atoms with Crippen molar-refractivity contribution in [2.75, 3.05) is 11.9 Å². The van der Waals surface area contributed by atoms with E-state index >= 15 is 0 Å². The molecule has 0 spiro atoms. The van der Waals surface area contributed by atoms with Crippen LogP contribution >= 0.6 is 27.7 Å². The van der Waals surface area contributed by atoms with Gasteiger partial charge in [0.15, 0.2) is 6.61 Å². The summed E-state index contributed by atoms with van der Waals surface area (Å²) in [4.78, 5) is 22.7. The molecule has 1 rings (SSSR count). The van der Waals surface area contributed by atoms with Gasteiger partial charge < -0.3 is 10.1 Å². The number of carbonyl (C=O) groups excluding carboxylic acids is 2. The zero-order chi connectivity index (χ0) is 13.5. The number of amides is 1. The Bertz CT molecular complexity index is 514. The summed E-state index contributed by atoms with van der Waals surface area (Å²) in [5, 5.41) is 13.1. The number of nitrogens with one attached hydrogen (secondary N) is 1. The third-order valence-corrected chi connectivity index (χ3v) is 3.02. The Morgan fingerprint density at radius 1 is 1.56 bits per heavy atom. The van der Waals surface area contributed by atoms with Crippen molar-refractivity contribution in [3.63, 3.8) is 0 Å². The number of thioether (sulfide) groups is 1. The topological polar surface area (TPSA) is 79.2 Å². The summed E-state index contributed by atoms with van der Waals surface area (Å²) >= 11 is 4.31. The van der Waals surface area contributed by atoms with E-state index in [1.807, 2.05) is 5.40 Å². The van der Waals surface area contributed by atoms with Crippen LogP contribution in [0.25, 0.3) is 0 Å². The van der Waals surface area contributed by atoms with Gasteiger partial charge in [0.05, 0.1) is 5.69 Å². The normalized spacial score (nSPS) is 9.39. The minimum absolute atomic E-state index is 0.323. The molecule has 1 amide bonds. The highest BCUT2D eigenvalue weighted by Crippen LogP contribution is 2.28. The van der Waals surface area contributed by atoms with Gasteiger partial charge in [0.25, 0.3) is 5.91 Å². The van der Waals surface area contributed by atoms with Gasteiger partial charge in [-0.05, 0) is 45.9 Å². The van der Waals surface area contributed by atoms with E-state index in [2.05, 4.69) is 26.0 Å². The van der Waals surface area contributed by atoms with Crippen LogP contribution in [-0.2, 0) is 14.3 Å². The molecular weight excluding hydrogens is 320 g/mol. The molecule has 1 aromatic rings. The maximum atomic E-state index is 11.4. The SMILES string of the molecule is CC(=O)OCC(=O)Nc1ccc(SC#N)cc1Br. The maximum Gasteiger partial charge on any atom is 0.303 e. The van der Waals surface area contributed by atoms with Gasteiger partial charge in [-0.2, -0.15) is 5.26 Å². The van der Waals surface area contributed by atoms with Crippen molar-refractivity contribution < 1.29 is 14.3 Å². The van der Waals surface area contributed by atoms with Crippen LogP contribution in [0.5, 0.6) is 0 Å². The summed E-state index contributed by atoms with van der Waals surface area (Å²) < 4.78 is 5.22. The highest BCUT2D eigenvalue weighted by atomic mass is 79.9. The first-order chi connectivity index (χ1) is 8.52. The smallest absolute Gasteiger partial charge is 0.303 e. The monoisotopic (exact) mass is 328 g/mol. The van der Waals surface area contributed by atoms with Gasteiger partial charge in [-0.25, -0.2) is 0 Å². The van der Waals surface area contributed by atoms with Crippen molar-refractivity contribution in [2.45, 2.75) is 11.8 Å². The largest absolute Gasteiger partial charge is 0.456 e. The highest BCUT2D eigenvalue weighted by molar-refractivity contribution is 9.10. The van der Waals surface area contributed by atoms with Gasteiger partial charge >= 0.3 is 5.97 Å². The van der Waals surface area contributed by atoms with Crippen molar-refractivity contribution >= 4 is 45.3 Å². The minimum Gasteiger partial charge on any atom is -0.456 e. The second-order valence-electron chi connectivity index (χ2n) is 3.16. The zero-order valence-corrected chi connectivity index (χ0v) is 11.8. The summed E-state index contributed by atoms with van der Waals surface area (Å²) in [6, 6.07) is 5.09. The molecule has 18 heavy (non-hydrogen) atoms. The van der Waals surface area contributed by atoms with Crippen LogP contribution in [0.1, 0.15) is 6.92 Å².